The Kier molecular flexibility index (Phi) is 5.34. The summed E-state index contributed by atoms with van der Waals surface area (Å²) in [6, 6.07) is 10.2. The molecule has 0 amide bonds. The molecule has 0 saturated heterocycles. The monoisotopic (exact) mass is 230 g/mol. The van der Waals surface area contributed by atoms with Gasteiger partial charge in [0, 0.05) is 3.57 Å². The predicted molar refractivity (Wildman–Crippen MR) is 49.0 cm³/mol. The van der Waals surface area contributed by atoms with Crippen LogP contribution in [0, 0.1) is 16.4 Å². The largest absolute Gasteiger partial charge is 0.124 e. The quantitative estimate of drug-likeness (QED) is 0.474. The maximum absolute atomic E-state index is 4.00. The van der Waals surface area contributed by atoms with Crippen LogP contribution in [0.5, 0.6) is 0 Å². The van der Waals surface area contributed by atoms with Crippen molar-refractivity contribution in [2.24, 2.45) is 0 Å². The van der Waals surface area contributed by atoms with Crippen LogP contribution in [-0.2, 0) is 0 Å². The average molecular weight is 230 g/mol. The van der Waals surface area contributed by atoms with Gasteiger partial charge in [0.15, 0.2) is 0 Å². The molecule has 1 heteroatoms. The summed E-state index contributed by atoms with van der Waals surface area (Å²) in [5.74, 6) is 0. The van der Waals surface area contributed by atoms with Gasteiger partial charge < -0.3 is 0 Å². The van der Waals surface area contributed by atoms with Gasteiger partial charge in [-0.15, -0.1) is 12.8 Å². The summed E-state index contributed by atoms with van der Waals surface area (Å²) in [7, 11) is 0. The molecule has 0 nitrogen and oxygen atoms in total. The second-order valence-corrected chi connectivity index (χ2v) is 2.54. The SMILES string of the molecule is C#C.Ic1ccccc1. The number of hydrogen-bond acceptors (Lipinski definition) is 0. The molecule has 1 rings (SSSR count). The molecule has 9 heavy (non-hydrogen) atoms. The highest BCUT2D eigenvalue weighted by Crippen LogP contribution is 1.99. The molecule has 0 heterocycles. The van der Waals surface area contributed by atoms with Crippen LogP contribution in [0.4, 0.5) is 0 Å². The second-order valence-electron chi connectivity index (χ2n) is 1.30. The van der Waals surface area contributed by atoms with Crippen molar-refractivity contribution in [1.29, 1.82) is 0 Å². The summed E-state index contributed by atoms with van der Waals surface area (Å²) in [6.07, 6.45) is 8.00. The van der Waals surface area contributed by atoms with E-state index in [0.717, 1.165) is 0 Å². The number of rotatable bonds is 0. The van der Waals surface area contributed by atoms with Crippen LogP contribution < -0.4 is 0 Å². The molecule has 0 spiro atoms. The molecule has 0 fully saturated rings. The van der Waals surface area contributed by atoms with Gasteiger partial charge in [-0.1, -0.05) is 18.2 Å². The van der Waals surface area contributed by atoms with Crippen LogP contribution >= 0.6 is 22.6 Å². The van der Waals surface area contributed by atoms with E-state index in [2.05, 4.69) is 47.6 Å². The fourth-order valence-corrected chi connectivity index (χ4v) is 0.830. The molecule has 0 aromatic heterocycles. The Bertz CT molecular complexity index is 164. The first kappa shape index (κ1) is 8.51. The minimum atomic E-state index is 1.29. The molecule has 0 radical (unpaired) electrons. The van der Waals surface area contributed by atoms with Crippen molar-refractivity contribution in [3.05, 3.63) is 33.9 Å². The minimum absolute atomic E-state index is 1.29. The van der Waals surface area contributed by atoms with E-state index < -0.39 is 0 Å². The maximum Gasteiger partial charge on any atom is 0.0130 e. The van der Waals surface area contributed by atoms with E-state index in [0.29, 0.717) is 0 Å². The lowest BCUT2D eigenvalue weighted by Crippen LogP contribution is -1.61. The highest BCUT2D eigenvalue weighted by Gasteiger charge is 1.74. The van der Waals surface area contributed by atoms with Gasteiger partial charge in [0.2, 0.25) is 0 Å². The highest BCUT2D eigenvalue weighted by molar-refractivity contribution is 14.1. The third-order valence-electron chi connectivity index (χ3n) is 0.733. The van der Waals surface area contributed by atoms with Crippen LogP contribution in [0.3, 0.4) is 0 Å². The number of hydrogen-bond donors (Lipinski definition) is 0. The molecule has 1 aromatic carbocycles. The van der Waals surface area contributed by atoms with Crippen molar-refractivity contribution in [3.8, 4) is 12.8 Å². The topological polar surface area (TPSA) is 0 Å². The van der Waals surface area contributed by atoms with Crippen molar-refractivity contribution >= 4 is 22.6 Å². The summed E-state index contributed by atoms with van der Waals surface area (Å²) < 4.78 is 1.29. The first-order chi connectivity index (χ1) is 4.39. The van der Waals surface area contributed by atoms with Gasteiger partial charge in [-0.05, 0) is 34.7 Å². The van der Waals surface area contributed by atoms with Gasteiger partial charge in [0.25, 0.3) is 0 Å². The second kappa shape index (κ2) is 5.64. The first-order valence-electron chi connectivity index (χ1n) is 2.43. The number of halogens is 1. The zero-order valence-electron chi connectivity index (χ0n) is 4.92. The van der Waals surface area contributed by atoms with Gasteiger partial charge in [-0.3, -0.25) is 0 Å². The van der Waals surface area contributed by atoms with Crippen LogP contribution in [0.15, 0.2) is 30.3 Å². The van der Waals surface area contributed by atoms with Gasteiger partial charge in [-0.25, -0.2) is 0 Å². The number of benzene rings is 1. The molecule has 0 saturated carbocycles. The molecule has 0 unspecified atom stereocenters. The molecule has 0 N–H and O–H groups in total. The van der Waals surface area contributed by atoms with Crippen LogP contribution in [0.2, 0.25) is 0 Å². The third kappa shape index (κ3) is 4.04. The normalized spacial score (nSPS) is 7.00. The lowest BCUT2D eigenvalue weighted by Gasteiger charge is -1.80. The molecule has 1 aromatic rings. The third-order valence-corrected chi connectivity index (χ3v) is 1.45. The lowest BCUT2D eigenvalue weighted by atomic mass is 10.4. The Morgan fingerprint density at radius 2 is 1.44 bits per heavy atom. The van der Waals surface area contributed by atoms with Crippen LogP contribution in [-0.4, -0.2) is 0 Å². The summed E-state index contributed by atoms with van der Waals surface area (Å²) in [4.78, 5) is 0. The van der Waals surface area contributed by atoms with Crippen molar-refractivity contribution < 1.29 is 0 Å². The fraction of sp³-hybridized carbons (Fsp3) is 0. The summed E-state index contributed by atoms with van der Waals surface area (Å²) in [6.45, 7) is 0. The summed E-state index contributed by atoms with van der Waals surface area (Å²) in [5.41, 5.74) is 0. The zero-order valence-corrected chi connectivity index (χ0v) is 7.08. The van der Waals surface area contributed by atoms with Crippen molar-refractivity contribution in [3.63, 3.8) is 0 Å². The van der Waals surface area contributed by atoms with E-state index in [1.807, 2.05) is 18.2 Å². The van der Waals surface area contributed by atoms with E-state index >= 15 is 0 Å². The maximum atomic E-state index is 4.00. The van der Waals surface area contributed by atoms with Crippen LogP contribution in [0.25, 0.3) is 0 Å². The van der Waals surface area contributed by atoms with E-state index in [1.54, 1.807) is 0 Å². The van der Waals surface area contributed by atoms with Crippen molar-refractivity contribution in [1.82, 2.24) is 0 Å². The average Bonchev–Trinajstić information content (AvgIpc) is 1.94. The van der Waals surface area contributed by atoms with Crippen molar-refractivity contribution in [2.45, 2.75) is 0 Å². The van der Waals surface area contributed by atoms with Gasteiger partial charge >= 0.3 is 0 Å². The zero-order chi connectivity index (χ0) is 7.11. The molecule has 0 atom stereocenters. The Morgan fingerprint density at radius 3 is 1.67 bits per heavy atom. The van der Waals surface area contributed by atoms with E-state index in [1.165, 1.54) is 3.57 Å². The molecule has 46 valence electrons. The minimum Gasteiger partial charge on any atom is -0.124 e. The predicted octanol–water partition coefficient (Wildman–Crippen LogP) is 2.54. The molecule has 0 aliphatic carbocycles. The Hall–Kier alpha value is -0.490. The van der Waals surface area contributed by atoms with E-state index in [4.69, 9.17) is 0 Å². The fourth-order valence-electron chi connectivity index (χ4n) is 0.415. The molecular weight excluding hydrogens is 223 g/mol. The smallest absolute Gasteiger partial charge is 0.0130 e. The number of terminal acetylenes is 1. The molecule has 0 aliphatic heterocycles. The Morgan fingerprint density at radius 1 is 1.00 bits per heavy atom. The Balaban J connectivity index is 0.000000291. The molecular formula is C8H7I. The van der Waals surface area contributed by atoms with Gasteiger partial charge in [0.1, 0.15) is 0 Å². The molecule has 0 aliphatic rings. The molecule has 0 bridgehead atoms. The summed E-state index contributed by atoms with van der Waals surface area (Å²) >= 11 is 2.28. The first-order valence-corrected chi connectivity index (χ1v) is 3.51. The highest BCUT2D eigenvalue weighted by atomic mass is 127. The van der Waals surface area contributed by atoms with Gasteiger partial charge in [-0.2, -0.15) is 0 Å². The standard InChI is InChI=1S/C6H5I.C2H2/c7-6-4-2-1-3-5-6;1-2/h1-5H;1-2H. The van der Waals surface area contributed by atoms with Crippen molar-refractivity contribution in [2.75, 3.05) is 0 Å². The van der Waals surface area contributed by atoms with E-state index in [-0.39, 0.29) is 0 Å². The lowest BCUT2D eigenvalue weighted by molar-refractivity contribution is 1.65. The van der Waals surface area contributed by atoms with Crippen LogP contribution in [0.1, 0.15) is 0 Å². The van der Waals surface area contributed by atoms with Gasteiger partial charge in [0.05, 0.1) is 0 Å². The van der Waals surface area contributed by atoms with E-state index in [9.17, 15) is 0 Å². The Labute approximate surface area is 69.4 Å². The summed E-state index contributed by atoms with van der Waals surface area (Å²) in [5, 5.41) is 0.